The normalized spacial score (nSPS) is 18.7. The SMILES string of the molecule is CCC1(NCC(=O)N(C)C(C)C)CCC1. The molecule has 3 heteroatoms. The van der Waals surface area contributed by atoms with Gasteiger partial charge in [0.05, 0.1) is 6.54 Å². The van der Waals surface area contributed by atoms with Gasteiger partial charge in [-0.15, -0.1) is 0 Å². The maximum atomic E-state index is 11.8. The molecule has 88 valence electrons. The summed E-state index contributed by atoms with van der Waals surface area (Å²) in [5.41, 5.74) is 0.271. The van der Waals surface area contributed by atoms with Gasteiger partial charge in [0.15, 0.2) is 0 Å². The molecule has 0 radical (unpaired) electrons. The minimum atomic E-state index is 0.199. The van der Waals surface area contributed by atoms with E-state index in [0.29, 0.717) is 12.6 Å². The third kappa shape index (κ3) is 2.94. The molecule has 3 nitrogen and oxygen atoms in total. The molecule has 0 aliphatic heterocycles. The second-order valence-electron chi connectivity index (χ2n) is 4.94. The average Bonchev–Trinajstić information content (AvgIpc) is 2.15. The molecule has 1 aliphatic carbocycles. The molecule has 0 aromatic carbocycles. The van der Waals surface area contributed by atoms with E-state index < -0.39 is 0 Å². The van der Waals surface area contributed by atoms with Gasteiger partial charge in [-0.25, -0.2) is 0 Å². The highest BCUT2D eigenvalue weighted by atomic mass is 16.2. The van der Waals surface area contributed by atoms with E-state index >= 15 is 0 Å². The molecular formula is C12H24N2O. The van der Waals surface area contributed by atoms with E-state index in [1.807, 2.05) is 20.9 Å². The molecule has 1 amide bonds. The van der Waals surface area contributed by atoms with Crippen LogP contribution in [0, 0.1) is 0 Å². The number of nitrogens with zero attached hydrogens (tertiary/aromatic N) is 1. The van der Waals surface area contributed by atoms with Gasteiger partial charge in [0.2, 0.25) is 5.91 Å². The number of nitrogens with one attached hydrogen (secondary N) is 1. The maximum absolute atomic E-state index is 11.8. The standard InChI is InChI=1S/C12H24N2O/c1-5-12(7-6-8-12)13-9-11(15)14(4)10(2)3/h10,13H,5-9H2,1-4H3. The van der Waals surface area contributed by atoms with Gasteiger partial charge >= 0.3 is 0 Å². The van der Waals surface area contributed by atoms with Crippen molar-refractivity contribution in [1.29, 1.82) is 0 Å². The lowest BCUT2D eigenvalue weighted by molar-refractivity contribution is -0.131. The summed E-state index contributed by atoms with van der Waals surface area (Å²) in [5.74, 6) is 0.199. The zero-order valence-electron chi connectivity index (χ0n) is 10.5. The van der Waals surface area contributed by atoms with E-state index in [4.69, 9.17) is 0 Å². The van der Waals surface area contributed by atoms with Crippen LogP contribution in [0.3, 0.4) is 0 Å². The summed E-state index contributed by atoms with van der Waals surface area (Å²) in [7, 11) is 1.87. The summed E-state index contributed by atoms with van der Waals surface area (Å²) < 4.78 is 0. The van der Waals surface area contributed by atoms with Crippen molar-refractivity contribution in [3.8, 4) is 0 Å². The fraction of sp³-hybridized carbons (Fsp3) is 0.917. The Morgan fingerprint density at radius 1 is 1.47 bits per heavy atom. The quantitative estimate of drug-likeness (QED) is 0.753. The largest absolute Gasteiger partial charge is 0.342 e. The molecule has 1 rings (SSSR count). The van der Waals surface area contributed by atoms with Crippen LogP contribution in [0.25, 0.3) is 0 Å². The van der Waals surface area contributed by atoms with Crippen LogP contribution in [0.5, 0.6) is 0 Å². The monoisotopic (exact) mass is 212 g/mol. The van der Waals surface area contributed by atoms with E-state index in [-0.39, 0.29) is 11.4 Å². The van der Waals surface area contributed by atoms with Gasteiger partial charge in [0.25, 0.3) is 0 Å². The van der Waals surface area contributed by atoms with Crippen molar-refractivity contribution < 1.29 is 4.79 Å². The maximum Gasteiger partial charge on any atom is 0.236 e. The molecular weight excluding hydrogens is 188 g/mol. The lowest BCUT2D eigenvalue weighted by atomic mass is 9.75. The number of hydrogen-bond acceptors (Lipinski definition) is 2. The van der Waals surface area contributed by atoms with Crippen molar-refractivity contribution in [3.63, 3.8) is 0 Å². The fourth-order valence-electron chi connectivity index (χ4n) is 1.93. The number of carbonyl (C=O) groups is 1. The molecule has 15 heavy (non-hydrogen) atoms. The molecule has 0 spiro atoms. The first-order valence-electron chi connectivity index (χ1n) is 6.01. The minimum Gasteiger partial charge on any atom is -0.342 e. The van der Waals surface area contributed by atoms with Crippen LogP contribution in [-0.2, 0) is 4.79 Å². The second kappa shape index (κ2) is 4.97. The molecule has 0 unspecified atom stereocenters. The van der Waals surface area contributed by atoms with Gasteiger partial charge in [-0.05, 0) is 39.5 Å². The van der Waals surface area contributed by atoms with Crippen LogP contribution in [0.15, 0.2) is 0 Å². The summed E-state index contributed by atoms with van der Waals surface area (Å²) in [4.78, 5) is 13.6. The van der Waals surface area contributed by atoms with Crippen molar-refractivity contribution in [3.05, 3.63) is 0 Å². The van der Waals surface area contributed by atoms with Gasteiger partial charge in [0.1, 0.15) is 0 Å². The topological polar surface area (TPSA) is 32.3 Å². The van der Waals surface area contributed by atoms with E-state index in [1.54, 1.807) is 4.90 Å². The van der Waals surface area contributed by atoms with Crippen LogP contribution in [0.1, 0.15) is 46.5 Å². The van der Waals surface area contributed by atoms with Crippen LogP contribution >= 0.6 is 0 Å². The number of likely N-dealkylation sites (N-methyl/N-ethyl adjacent to an activating group) is 1. The molecule has 0 atom stereocenters. The van der Waals surface area contributed by atoms with Crippen LogP contribution in [0.2, 0.25) is 0 Å². The number of hydrogen-bond donors (Lipinski definition) is 1. The Labute approximate surface area is 93.2 Å². The first-order chi connectivity index (χ1) is 7.01. The molecule has 1 N–H and O–H groups in total. The van der Waals surface area contributed by atoms with E-state index in [2.05, 4.69) is 12.2 Å². The summed E-state index contributed by atoms with van der Waals surface area (Å²) in [5, 5.41) is 3.43. The third-order valence-electron chi connectivity index (χ3n) is 3.77. The van der Waals surface area contributed by atoms with Crippen molar-refractivity contribution in [1.82, 2.24) is 10.2 Å². The minimum absolute atomic E-state index is 0.199. The highest BCUT2D eigenvalue weighted by Gasteiger charge is 2.34. The second-order valence-corrected chi connectivity index (χ2v) is 4.94. The van der Waals surface area contributed by atoms with Crippen molar-refractivity contribution >= 4 is 5.91 Å². The van der Waals surface area contributed by atoms with Gasteiger partial charge in [-0.3, -0.25) is 4.79 Å². The predicted octanol–water partition coefficient (Wildman–Crippen LogP) is 1.78. The average molecular weight is 212 g/mol. The first kappa shape index (κ1) is 12.5. The van der Waals surface area contributed by atoms with Crippen molar-refractivity contribution in [2.45, 2.75) is 58.0 Å². The molecule has 0 saturated heterocycles. The number of carbonyl (C=O) groups excluding carboxylic acids is 1. The Bertz CT molecular complexity index is 216. The molecule has 1 saturated carbocycles. The highest BCUT2D eigenvalue weighted by molar-refractivity contribution is 5.78. The first-order valence-corrected chi connectivity index (χ1v) is 6.01. The fourth-order valence-corrected chi connectivity index (χ4v) is 1.93. The van der Waals surface area contributed by atoms with Gasteiger partial charge in [-0.1, -0.05) is 6.92 Å². The van der Waals surface area contributed by atoms with Crippen LogP contribution in [0.4, 0.5) is 0 Å². The van der Waals surface area contributed by atoms with Crippen molar-refractivity contribution in [2.24, 2.45) is 0 Å². The Balaban J connectivity index is 2.33. The molecule has 0 aromatic rings. The zero-order valence-corrected chi connectivity index (χ0v) is 10.5. The van der Waals surface area contributed by atoms with Gasteiger partial charge in [0, 0.05) is 18.6 Å². The molecule has 0 aromatic heterocycles. The van der Waals surface area contributed by atoms with E-state index in [9.17, 15) is 4.79 Å². The number of rotatable bonds is 5. The van der Waals surface area contributed by atoms with Crippen LogP contribution < -0.4 is 5.32 Å². The summed E-state index contributed by atoms with van der Waals surface area (Å²) in [6.07, 6.45) is 4.88. The van der Waals surface area contributed by atoms with Gasteiger partial charge in [-0.2, -0.15) is 0 Å². The molecule has 0 heterocycles. The van der Waals surface area contributed by atoms with Crippen LogP contribution in [-0.4, -0.2) is 36.0 Å². The predicted molar refractivity (Wildman–Crippen MR) is 62.8 cm³/mol. The molecule has 0 bridgehead atoms. The summed E-state index contributed by atoms with van der Waals surface area (Å²) >= 11 is 0. The Kier molecular flexibility index (Phi) is 4.14. The Morgan fingerprint density at radius 2 is 2.07 bits per heavy atom. The Morgan fingerprint density at radius 3 is 2.40 bits per heavy atom. The molecule has 1 aliphatic rings. The number of amides is 1. The Hall–Kier alpha value is -0.570. The van der Waals surface area contributed by atoms with Gasteiger partial charge < -0.3 is 10.2 Å². The highest BCUT2D eigenvalue weighted by Crippen LogP contribution is 2.34. The van der Waals surface area contributed by atoms with E-state index in [0.717, 1.165) is 6.42 Å². The van der Waals surface area contributed by atoms with Crippen molar-refractivity contribution in [2.75, 3.05) is 13.6 Å². The lowest BCUT2D eigenvalue weighted by Crippen LogP contribution is -2.54. The smallest absolute Gasteiger partial charge is 0.236 e. The molecule has 1 fully saturated rings. The third-order valence-corrected chi connectivity index (χ3v) is 3.77. The zero-order chi connectivity index (χ0) is 11.5. The summed E-state index contributed by atoms with van der Waals surface area (Å²) in [6, 6.07) is 0.290. The van der Waals surface area contributed by atoms with E-state index in [1.165, 1.54) is 19.3 Å². The lowest BCUT2D eigenvalue weighted by Gasteiger charge is -2.42. The summed E-state index contributed by atoms with van der Waals surface area (Å²) in [6.45, 7) is 6.76.